The second-order valence-electron chi connectivity index (χ2n) is 3.28. The Labute approximate surface area is 108 Å². The Balaban J connectivity index is 3.19. The zero-order valence-corrected chi connectivity index (χ0v) is 10.1. The molecule has 0 spiro atoms. The van der Waals surface area contributed by atoms with Crippen LogP contribution in [0, 0.1) is 0 Å². The predicted molar refractivity (Wildman–Crippen MR) is 55.1 cm³/mol. The van der Waals surface area contributed by atoms with E-state index in [0.717, 1.165) is 24.3 Å². The average Bonchev–Trinajstić information content (AvgIpc) is 2.27. The van der Waals surface area contributed by atoms with Gasteiger partial charge < -0.3 is 0 Å². The summed E-state index contributed by atoms with van der Waals surface area (Å²) >= 11 is 0. The van der Waals surface area contributed by atoms with Crippen molar-refractivity contribution < 1.29 is 39.0 Å². The van der Waals surface area contributed by atoms with Crippen molar-refractivity contribution in [1.29, 1.82) is 0 Å². The van der Waals surface area contributed by atoms with Crippen LogP contribution in [0.15, 0.2) is 35.5 Å². The third kappa shape index (κ3) is 3.85. The first-order valence-electron chi connectivity index (χ1n) is 4.65. The van der Waals surface area contributed by atoms with Gasteiger partial charge in [0.1, 0.15) is 0 Å². The minimum absolute atomic E-state index is 0.641. The Morgan fingerprint density at radius 1 is 1.00 bits per heavy atom. The van der Waals surface area contributed by atoms with E-state index in [1.165, 1.54) is 6.07 Å². The monoisotopic (exact) mass is 321 g/mol. The summed E-state index contributed by atoms with van der Waals surface area (Å²) in [5.41, 5.74) is -8.41. The molecule has 0 fully saturated rings. The zero-order valence-electron chi connectivity index (χ0n) is 9.23. The Morgan fingerprint density at radius 2 is 1.50 bits per heavy atom. The fraction of sp³-hybridized carbons (Fsp3) is 0.222. The minimum atomic E-state index is -6.25. The van der Waals surface area contributed by atoms with Crippen LogP contribution in [0.25, 0.3) is 0 Å². The van der Waals surface area contributed by atoms with E-state index < -0.39 is 33.1 Å². The van der Waals surface area contributed by atoms with Crippen molar-refractivity contribution in [3.05, 3.63) is 35.9 Å². The van der Waals surface area contributed by atoms with Gasteiger partial charge in [-0.3, -0.25) is 4.28 Å². The molecule has 0 aliphatic rings. The molecule has 0 aliphatic carbocycles. The van der Waals surface area contributed by atoms with Gasteiger partial charge in [-0.05, 0) is 0 Å². The number of hydrogen-bond donors (Lipinski definition) is 0. The van der Waals surface area contributed by atoms with Gasteiger partial charge in [-0.1, -0.05) is 35.5 Å². The van der Waals surface area contributed by atoms with Gasteiger partial charge in [0.25, 0.3) is 0 Å². The number of alkyl halides is 6. The van der Waals surface area contributed by atoms with Crippen molar-refractivity contribution in [3.8, 4) is 0 Å². The molecule has 0 radical (unpaired) electrons. The molecule has 0 amide bonds. The second kappa shape index (κ2) is 5.31. The fourth-order valence-electron chi connectivity index (χ4n) is 0.993. The standard InChI is InChI=1S/C9H5F6NO3S/c10-8(11,12)7(6-4-2-1-3-5-6)16-19-20(17,18)9(13,14)15/h1-5H. The fourth-order valence-corrected chi connectivity index (χ4v) is 1.25. The highest BCUT2D eigenvalue weighted by molar-refractivity contribution is 7.87. The van der Waals surface area contributed by atoms with Crippen molar-refractivity contribution in [1.82, 2.24) is 0 Å². The maximum atomic E-state index is 12.6. The molecule has 0 atom stereocenters. The quantitative estimate of drug-likeness (QED) is 0.372. The molecule has 0 saturated carbocycles. The van der Waals surface area contributed by atoms with Gasteiger partial charge in [-0.15, -0.1) is 0 Å². The topological polar surface area (TPSA) is 55.7 Å². The Morgan fingerprint density at radius 3 is 1.90 bits per heavy atom. The van der Waals surface area contributed by atoms with Gasteiger partial charge in [0.05, 0.1) is 0 Å². The molecule has 0 unspecified atom stereocenters. The molecule has 1 rings (SSSR count). The van der Waals surface area contributed by atoms with E-state index in [9.17, 15) is 34.8 Å². The number of oxime groups is 1. The summed E-state index contributed by atoms with van der Waals surface area (Å²) in [6, 6.07) is 5.44. The van der Waals surface area contributed by atoms with Gasteiger partial charge in [0.15, 0.2) is 5.71 Å². The molecule has 11 heteroatoms. The molecular formula is C9H5F6NO3S. The minimum Gasteiger partial charge on any atom is -0.261 e. The van der Waals surface area contributed by atoms with Crippen molar-refractivity contribution in [3.63, 3.8) is 0 Å². The van der Waals surface area contributed by atoms with Crippen LogP contribution >= 0.6 is 0 Å². The van der Waals surface area contributed by atoms with Gasteiger partial charge in [-0.25, -0.2) is 0 Å². The highest BCUT2D eigenvalue weighted by Gasteiger charge is 2.49. The summed E-state index contributed by atoms with van der Waals surface area (Å²) in [7, 11) is -6.25. The van der Waals surface area contributed by atoms with E-state index in [1.807, 2.05) is 0 Å². The Hall–Kier alpha value is -1.78. The van der Waals surface area contributed by atoms with Crippen LogP contribution in [0.5, 0.6) is 0 Å². The Kier molecular flexibility index (Phi) is 4.32. The largest absolute Gasteiger partial charge is 0.536 e. The van der Waals surface area contributed by atoms with Crippen LogP contribution < -0.4 is 0 Å². The smallest absolute Gasteiger partial charge is 0.261 e. The highest BCUT2D eigenvalue weighted by Crippen LogP contribution is 2.27. The van der Waals surface area contributed by atoms with E-state index in [0.29, 0.717) is 0 Å². The first-order valence-corrected chi connectivity index (χ1v) is 6.06. The van der Waals surface area contributed by atoms with Gasteiger partial charge in [0, 0.05) is 5.56 Å². The van der Waals surface area contributed by atoms with Crippen molar-refractivity contribution in [2.45, 2.75) is 11.7 Å². The number of benzene rings is 1. The molecule has 0 bridgehead atoms. The summed E-state index contributed by atoms with van der Waals surface area (Å²) < 4.78 is 97.6. The van der Waals surface area contributed by atoms with E-state index in [2.05, 4.69) is 9.44 Å². The lowest BCUT2D eigenvalue weighted by Crippen LogP contribution is -2.28. The summed E-state index contributed by atoms with van der Waals surface area (Å²) in [5.74, 6) is 0. The molecule has 1 aromatic carbocycles. The molecule has 0 aliphatic heterocycles. The maximum absolute atomic E-state index is 12.6. The molecule has 0 aromatic heterocycles. The molecule has 0 N–H and O–H groups in total. The van der Waals surface area contributed by atoms with Crippen molar-refractivity contribution in [2.75, 3.05) is 0 Å². The van der Waals surface area contributed by atoms with E-state index in [-0.39, 0.29) is 0 Å². The van der Waals surface area contributed by atoms with E-state index in [1.54, 1.807) is 0 Å². The molecule has 0 saturated heterocycles. The predicted octanol–water partition coefficient (Wildman–Crippen LogP) is 2.82. The number of rotatable bonds is 3. The average molecular weight is 321 g/mol. The van der Waals surface area contributed by atoms with Crippen molar-refractivity contribution in [2.24, 2.45) is 5.16 Å². The zero-order chi connectivity index (χ0) is 15.6. The van der Waals surface area contributed by atoms with E-state index >= 15 is 0 Å². The lowest BCUT2D eigenvalue weighted by molar-refractivity contribution is -0.0633. The third-order valence-electron chi connectivity index (χ3n) is 1.83. The van der Waals surface area contributed by atoms with Gasteiger partial charge >= 0.3 is 21.8 Å². The molecule has 112 valence electrons. The third-order valence-corrected chi connectivity index (χ3v) is 2.66. The number of nitrogens with zero attached hydrogens (tertiary/aromatic N) is 1. The lowest BCUT2D eigenvalue weighted by Gasteiger charge is -2.10. The van der Waals surface area contributed by atoms with Gasteiger partial charge in [0.2, 0.25) is 0 Å². The highest BCUT2D eigenvalue weighted by atomic mass is 32.2. The summed E-state index contributed by atoms with van der Waals surface area (Å²) in [6.07, 6.45) is -5.19. The Bertz CT molecular complexity index is 590. The molecular weight excluding hydrogens is 316 g/mol. The number of hydrogen-bond acceptors (Lipinski definition) is 4. The van der Waals surface area contributed by atoms with Crippen LogP contribution in [0.2, 0.25) is 0 Å². The maximum Gasteiger partial charge on any atom is 0.536 e. The molecule has 4 nitrogen and oxygen atoms in total. The van der Waals surface area contributed by atoms with Crippen molar-refractivity contribution >= 4 is 15.8 Å². The molecule has 0 heterocycles. The second-order valence-corrected chi connectivity index (χ2v) is 4.80. The normalized spacial score (nSPS) is 14.2. The molecule has 1 aromatic rings. The van der Waals surface area contributed by atoms with Crippen LogP contribution in [0.1, 0.15) is 5.56 Å². The van der Waals surface area contributed by atoms with Crippen LogP contribution in [0.3, 0.4) is 0 Å². The summed E-state index contributed by atoms with van der Waals surface area (Å²) in [4.78, 5) is 0. The SMILES string of the molecule is O=S(=O)(ON=C(c1ccccc1)C(F)(F)F)C(F)(F)F. The van der Waals surface area contributed by atoms with Crippen LogP contribution in [-0.4, -0.2) is 25.8 Å². The van der Waals surface area contributed by atoms with Gasteiger partial charge in [-0.2, -0.15) is 34.8 Å². The first-order chi connectivity index (χ1) is 8.95. The summed E-state index contributed by atoms with van der Waals surface area (Å²) in [6.45, 7) is 0. The first kappa shape index (κ1) is 16.3. The number of halogens is 6. The summed E-state index contributed by atoms with van der Waals surface area (Å²) in [5, 5.41) is 2.09. The van der Waals surface area contributed by atoms with E-state index in [4.69, 9.17) is 0 Å². The van der Waals surface area contributed by atoms with Crippen LogP contribution in [-0.2, 0) is 14.4 Å². The van der Waals surface area contributed by atoms with Crippen LogP contribution in [0.4, 0.5) is 26.3 Å². The molecule has 20 heavy (non-hydrogen) atoms. The lowest BCUT2D eigenvalue weighted by atomic mass is 10.1.